The van der Waals surface area contributed by atoms with Crippen molar-refractivity contribution in [2.24, 2.45) is 5.73 Å². The van der Waals surface area contributed by atoms with Gasteiger partial charge in [-0.25, -0.2) is 4.98 Å². The second-order valence-electron chi connectivity index (χ2n) is 3.41. The topological polar surface area (TPSA) is 83.8 Å². The third-order valence-electron chi connectivity index (χ3n) is 1.77. The number of H-pyrrole nitrogens is 1. The van der Waals surface area contributed by atoms with Crippen molar-refractivity contribution in [3.63, 3.8) is 0 Å². The molecule has 5 heteroatoms. The molecule has 0 radical (unpaired) electrons. The van der Waals surface area contributed by atoms with Crippen molar-refractivity contribution in [3.8, 4) is 0 Å². The molecule has 0 spiro atoms. The Balaban J connectivity index is 2.55. The van der Waals surface area contributed by atoms with E-state index in [0.717, 1.165) is 13.0 Å². The summed E-state index contributed by atoms with van der Waals surface area (Å²) in [6, 6.07) is 1.60. The summed E-state index contributed by atoms with van der Waals surface area (Å²) in [6.07, 6.45) is 0.855. The molecule has 1 heterocycles. The van der Waals surface area contributed by atoms with Gasteiger partial charge in [-0.2, -0.15) is 0 Å². The zero-order chi connectivity index (χ0) is 10.6. The molecule has 0 aliphatic rings. The largest absolute Gasteiger partial charge is 0.370 e. The molecule has 0 amide bonds. The van der Waals surface area contributed by atoms with Crippen molar-refractivity contribution >= 4 is 5.82 Å². The molecule has 14 heavy (non-hydrogen) atoms. The Labute approximate surface area is 82.7 Å². The maximum atomic E-state index is 11.0. The van der Waals surface area contributed by atoms with Crippen LogP contribution in [-0.2, 0) is 0 Å². The number of aromatic amines is 1. The molecule has 4 N–H and O–H groups in total. The van der Waals surface area contributed by atoms with Crippen LogP contribution >= 0.6 is 0 Å². The number of nitrogens with zero attached hydrogens (tertiary/aromatic N) is 1. The first-order valence-corrected chi connectivity index (χ1v) is 4.65. The van der Waals surface area contributed by atoms with E-state index in [-0.39, 0.29) is 11.6 Å². The predicted molar refractivity (Wildman–Crippen MR) is 56.4 cm³/mol. The van der Waals surface area contributed by atoms with E-state index in [1.807, 2.05) is 6.92 Å². The molecule has 0 aromatic carbocycles. The smallest absolute Gasteiger partial charge is 0.252 e. The Hall–Kier alpha value is -1.36. The minimum Gasteiger partial charge on any atom is -0.370 e. The summed E-state index contributed by atoms with van der Waals surface area (Å²) in [7, 11) is 0. The Bertz CT molecular complexity index is 345. The molecule has 0 aliphatic heterocycles. The van der Waals surface area contributed by atoms with Gasteiger partial charge in [-0.3, -0.25) is 4.79 Å². The van der Waals surface area contributed by atoms with Crippen LogP contribution in [0.3, 0.4) is 0 Å². The molecular weight excluding hydrogens is 180 g/mol. The number of aromatic nitrogens is 2. The van der Waals surface area contributed by atoms with Gasteiger partial charge in [0.2, 0.25) is 0 Å². The lowest BCUT2D eigenvalue weighted by Crippen LogP contribution is -2.20. The summed E-state index contributed by atoms with van der Waals surface area (Å²) in [6.45, 7) is 4.42. The van der Waals surface area contributed by atoms with E-state index in [4.69, 9.17) is 5.73 Å². The summed E-state index contributed by atoms with van der Waals surface area (Å²) in [5.41, 5.74) is 5.45. The predicted octanol–water partition coefficient (Wildman–Crippen LogP) is 0.228. The zero-order valence-electron chi connectivity index (χ0n) is 8.50. The molecule has 78 valence electrons. The van der Waals surface area contributed by atoms with E-state index >= 15 is 0 Å². The number of aryl methyl sites for hydroxylation is 1. The molecule has 1 rings (SSSR count). The van der Waals surface area contributed by atoms with E-state index < -0.39 is 0 Å². The second-order valence-corrected chi connectivity index (χ2v) is 3.41. The number of nitrogens with one attached hydrogen (secondary N) is 2. The van der Waals surface area contributed by atoms with Gasteiger partial charge >= 0.3 is 0 Å². The SMILES string of the molecule is Cc1nc(NCCC(C)N)cc(=O)[nH]1. The van der Waals surface area contributed by atoms with Crippen LogP contribution in [0, 0.1) is 6.92 Å². The Morgan fingerprint density at radius 3 is 3.00 bits per heavy atom. The van der Waals surface area contributed by atoms with Crippen molar-refractivity contribution in [1.82, 2.24) is 9.97 Å². The van der Waals surface area contributed by atoms with Gasteiger partial charge in [0.1, 0.15) is 11.6 Å². The molecule has 0 saturated carbocycles. The van der Waals surface area contributed by atoms with E-state index in [2.05, 4.69) is 15.3 Å². The Morgan fingerprint density at radius 1 is 1.71 bits per heavy atom. The Morgan fingerprint density at radius 2 is 2.43 bits per heavy atom. The lowest BCUT2D eigenvalue weighted by Gasteiger charge is -2.07. The van der Waals surface area contributed by atoms with E-state index in [0.29, 0.717) is 11.6 Å². The highest BCUT2D eigenvalue weighted by atomic mass is 16.1. The molecule has 1 atom stereocenters. The average molecular weight is 196 g/mol. The lowest BCUT2D eigenvalue weighted by atomic mass is 10.2. The van der Waals surface area contributed by atoms with Crippen molar-refractivity contribution in [3.05, 3.63) is 22.2 Å². The van der Waals surface area contributed by atoms with Crippen molar-refractivity contribution in [2.45, 2.75) is 26.3 Å². The molecule has 1 aromatic rings. The maximum absolute atomic E-state index is 11.0. The summed E-state index contributed by atoms with van der Waals surface area (Å²) in [4.78, 5) is 17.7. The average Bonchev–Trinajstić information content (AvgIpc) is 2.01. The first-order chi connectivity index (χ1) is 6.58. The van der Waals surface area contributed by atoms with Gasteiger partial charge in [0.05, 0.1) is 0 Å². The summed E-state index contributed by atoms with van der Waals surface area (Å²) >= 11 is 0. The summed E-state index contributed by atoms with van der Waals surface area (Å²) in [5, 5.41) is 3.05. The molecule has 1 unspecified atom stereocenters. The lowest BCUT2D eigenvalue weighted by molar-refractivity contribution is 0.689. The van der Waals surface area contributed by atoms with Crippen LogP contribution in [0.5, 0.6) is 0 Å². The van der Waals surface area contributed by atoms with Gasteiger partial charge in [-0.1, -0.05) is 0 Å². The van der Waals surface area contributed by atoms with Crippen LogP contribution in [0.4, 0.5) is 5.82 Å². The maximum Gasteiger partial charge on any atom is 0.252 e. The van der Waals surface area contributed by atoms with Gasteiger partial charge in [0, 0.05) is 18.7 Å². The van der Waals surface area contributed by atoms with Crippen LogP contribution in [0.15, 0.2) is 10.9 Å². The number of rotatable bonds is 4. The second kappa shape index (κ2) is 4.76. The van der Waals surface area contributed by atoms with Crippen LogP contribution in [0.1, 0.15) is 19.2 Å². The fourth-order valence-electron chi connectivity index (χ4n) is 1.10. The minimum absolute atomic E-state index is 0.138. The quantitative estimate of drug-likeness (QED) is 0.643. The zero-order valence-corrected chi connectivity index (χ0v) is 8.50. The van der Waals surface area contributed by atoms with Gasteiger partial charge in [0.25, 0.3) is 5.56 Å². The van der Waals surface area contributed by atoms with E-state index in [1.165, 1.54) is 6.07 Å². The molecule has 0 saturated heterocycles. The van der Waals surface area contributed by atoms with Gasteiger partial charge in [-0.05, 0) is 20.3 Å². The molecule has 1 aromatic heterocycles. The number of hydrogen-bond acceptors (Lipinski definition) is 4. The highest BCUT2D eigenvalue weighted by Gasteiger charge is 1.98. The standard InChI is InChI=1S/C9H16N4O/c1-6(10)3-4-11-8-5-9(14)13-7(2)12-8/h5-6H,3-4,10H2,1-2H3,(H2,11,12,13,14). The fourth-order valence-corrected chi connectivity index (χ4v) is 1.10. The monoisotopic (exact) mass is 196 g/mol. The van der Waals surface area contributed by atoms with Crippen LogP contribution in [0.2, 0.25) is 0 Å². The van der Waals surface area contributed by atoms with Crippen LogP contribution in [-0.4, -0.2) is 22.6 Å². The fraction of sp³-hybridized carbons (Fsp3) is 0.556. The number of nitrogens with two attached hydrogens (primary N) is 1. The molecule has 0 fully saturated rings. The minimum atomic E-state index is -0.138. The molecule has 0 aliphatic carbocycles. The summed E-state index contributed by atoms with van der Waals surface area (Å²) < 4.78 is 0. The summed E-state index contributed by atoms with van der Waals surface area (Å²) in [5.74, 6) is 1.22. The van der Waals surface area contributed by atoms with Crippen LogP contribution in [0.25, 0.3) is 0 Å². The first kappa shape index (κ1) is 10.7. The first-order valence-electron chi connectivity index (χ1n) is 4.65. The van der Waals surface area contributed by atoms with Crippen molar-refractivity contribution in [1.29, 1.82) is 0 Å². The van der Waals surface area contributed by atoms with Crippen molar-refractivity contribution in [2.75, 3.05) is 11.9 Å². The molecule has 5 nitrogen and oxygen atoms in total. The van der Waals surface area contributed by atoms with Gasteiger partial charge in [-0.15, -0.1) is 0 Å². The third kappa shape index (κ3) is 3.57. The van der Waals surface area contributed by atoms with Crippen molar-refractivity contribution < 1.29 is 0 Å². The Kier molecular flexibility index (Phi) is 3.64. The van der Waals surface area contributed by atoms with E-state index in [1.54, 1.807) is 6.92 Å². The normalized spacial score (nSPS) is 12.5. The van der Waals surface area contributed by atoms with Gasteiger partial charge in [0.15, 0.2) is 0 Å². The van der Waals surface area contributed by atoms with Crippen LogP contribution < -0.4 is 16.6 Å². The number of anilines is 1. The van der Waals surface area contributed by atoms with E-state index in [9.17, 15) is 4.79 Å². The molecular formula is C9H16N4O. The highest BCUT2D eigenvalue weighted by Crippen LogP contribution is 1.98. The molecule has 0 bridgehead atoms. The third-order valence-corrected chi connectivity index (χ3v) is 1.77. The number of hydrogen-bond donors (Lipinski definition) is 3. The van der Waals surface area contributed by atoms with Gasteiger partial charge < -0.3 is 16.0 Å². The highest BCUT2D eigenvalue weighted by molar-refractivity contribution is 5.32.